The monoisotopic (exact) mass is 171 g/mol. The van der Waals surface area contributed by atoms with Crippen LogP contribution < -0.4 is 5.32 Å². The van der Waals surface area contributed by atoms with Crippen molar-refractivity contribution >= 4 is 6.09 Å². The van der Waals surface area contributed by atoms with Crippen LogP contribution in [-0.4, -0.2) is 29.4 Å². The van der Waals surface area contributed by atoms with E-state index in [-0.39, 0.29) is 6.04 Å². The molecule has 0 radical (unpaired) electrons. The molecule has 4 heteroatoms. The van der Waals surface area contributed by atoms with Gasteiger partial charge in [-0.1, -0.05) is 0 Å². The van der Waals surface area contributed by atoms with Crippen molar-refractivity contribution in [1.82, 2.24) is 5.32 Å². The first-order chi connectivity index (χ1) is 5.74. The molecule has 2 aliphatic rings. The van der Waals surface area contributed by atoms with Crippen molar-refractivity contribution in [3.63, 3.8) is 0 Å². The molecule has 0 aromatic heterocycles. The lowest BCUT2D eigenvalue weighted by molar-refractivity contribution is -0.00765. The molecule has 0 aromatic rings. The van der Waals surface area contributed by atoms with E-state index in [9.17, 15) is 4.79 Å². The lowest BCUT2D eigenvalue weighted by Gasteiger charge is -2.27. The van der Waals surface area contributed by atoms with E-state index in [1.807, 2.05) is 0 Å². The third kappa shape index (κ3) is 1.53. The summed E-state index contributed by atoms with van der Waals surface area (Å²) in [6.45, 7) is 0. The van der Waals surface area contributed by atoms with Gasteiger partial charge >= 0.3 is 6.09 Å². The molecule has 0 spiro atoms. The molecule has 68 valence electrons. The van der Waals surface area contributed by atoms with Gasteiger partial charge in [0.25, 0.3) is 0 Å². The van der Waals surface area contributed by atoms with Gasteiger partial charge in [0.2, 0.25) is 0 Å². The Balaban J connectivity index is 1.89. The quantitative estimate of drug-likeness (QED) is 0.618. The first-order valence-corrected chi connectivity index (χ1v) is 4.39. The van der Waals surface area contributed by atoms with E-state index >= 15 is 0 Å². The van der Waals surface area contributed by atoms with E-state index in [0.717, 1.165) is 25.7 Å². The Labute approximate surface area is 70.9 Å². The molecule has 0 aliphatic carbocycles. The van der Waals surface area contributed by atoms with Crippen LogP contribution in [0.25, 0.3) is 0 Å². The third-order valence-electron chi connectivity index (χ3n) is 2.62. The Hall–Kier alpha value is -0.770. The molecule has 4 nitrogen and oxygen atoms in total. The van der Waals surface area contributed by atoms with E-state index in [1.54, 1.807) is 0 Å². The van der Waals surface area contributed by atoms with Crippen LogP contribution in [0.4, 0.5) is 4.79 Å². The number of carboxylic acid groups (broad SMARTS) is 1. The van der Waals surface area contributed by atoms with Crippen LogP contribution in [-0.2, 0) is 4.74 Å². The van der Waals surface area contributed by atoms with Crippen LogP contribution >= 0.6 is 0 Å². The van der Waals surface area contributed by atoms with Gasteiger partial charge in [-0.15, -0.1) is 0 Å². The Morgan fingerprint density at radius 3 is 2.42 bits per heavy atom. The number of carbonyl (C=O) groups is 1. The van der Waals surface area contributed by atoms with E-state index in [0.29, 0.717) is 12.2 Å². The normalized spacial score (nSPS) is 39.5. The molecular formula is C8H13NO3. The van der Waals surface area contributed by atoms with Crippen LogP contribution in [0.1, 0.15) is 25.7 Å². The summed E-state index contributed by atoms with van der Waals surface area (Å²) in [5.41, 5.74) is 0. The van der Waals surface area contributed by atoms with Gasteiger partial charge in [0.15, 0.2) is 0 Å². The fraction of sp³-hybridized carbons (Fsp3) is 0.875. The van der Waals surface area contributed by atoms with Crippen molar-refractivity contribution in [2.75, 3.05) is 0 Å². The molecule has 2 saturated heterocycles. The largest absolute Gasteiger partial charge is 0.465 e. The molecular weight excluding hydrogens is 158 g/mol. The average Bonchev–Trinajstić information content (AvgIpc) is 2.29. The highest BCUT2D eigenvalue weighted by Crippen LogP contribution is 2.32. The summed E-state index contributed by atoms with van der Waals surface area (Å²) < 4.78 is 5.58. The minimum Gasteiger partial charge on any atom is -0.465 e. The molecule has 0 saturated carbocycles. The molecule has 2 N–H and O–H groups in total. The van der Waals surface area contributed by atoms with Crippen molar-refractivity contribution in [3.05, 3.63) is 0 Å². The van der Waals surface area contributed by atoms with Crippen molar-refractivity contribution < 1.29 is 14.6 Å². The predicted octanol–water partition coefficient (Wildman–Crippen LogP) is 0.964. The molecule has 0 aromatic carbocycles. The van der Waals surface area contributed by atoms with Gasteiger partial charge in [-0.3, -0.25) is 0 Å². The molecule has 2 fully saturated rings. The molecule has 12 heavy (non-hydrogen) atoms. The van der Waals surface area contributed by atoms with Gasteiger partial charge in [0.1, 0.15) is 0 Å². The maximum absolute atomic E-state index is 10.3. The fourth-order valence-electron chi connectivity index (χ4n) is 2.15. The lowest BCUT2D eigenvalue weighted by atomic mass is 10.0. The number of hydrogen-bond acceptors (Lipinski definition) is 2. The first-order valence-electron chi connectivity index (χ1n) is 4.39. The number of fused-ring (bicyclic) bond motifs is 2. The van der Waals surface area contributed by atoms with Gasteiger partial charge in [-0.25, -0.2) is 4.79 Å². The first kappa shape index (κ1) is 7.86. The van der Waals surface area contributed by atoms with Crippen molar-refractivity contribution in [1.29, 1.82) is 0 Å². The van der Waals surface area contributed by atoms with Crippen LogP contribution in [0.2, 0.25) is 0 Å². The second-order valence-electron chi connectivity index (χ2n) is 3.58. The highest BCUT2D eigenvalue weighted by atomic mass is 16.5. The number of nitrogens with one attached hydrogen (secondary N) is 1. The van der Waals surface area contributed by atoms with Crippen LogP contribution in [0, 0.1) is 0 Å². The van der Waals surface area contributed by atoms with Gasteiger partial charge in [-0.2, -0.15) is 0 Å². The van der Waals surface area contributed by atoms with Crippen LogP contribution in [0.5, 0.6) is 0 Å². The van der Waals surface area contributed by atoms with Crippen LogP contribution in [0.3, 0.4) is 0 Å². The molecule has 1 amide bonds. The van der Waals surface area contributed by atoms with Gasteiger partial charge < -0.3 is 15.2 Å². The highest BCUT2D eigenvalue weighted by Gasteiger charge is 2.35. The second-order valence-corrected chi connectivity index (χ2v) is 3.58. The number of rotatable bonds is 1. The predicted molar refractivity (Wildman–Crippen MR) is 42.1 cm³/mol. The summed E-state index contributed by atoms with van der Waals surface area (Å²) in [6, 6.07) is 0.119. The van der Waals surface area contributed by atoms with Gasteiger partial charge in [0.05, 0.1) is 12.2 Å². The highest BCUT2D eigenvalue weighted by molar-refractivity contribution is 5.64. The molecule has 2 rings (SSSR count). The standard InChI is InChI=1S/C8H13NO3/c10-8(11)9-5-3-6-1-2-7(4-5)12-6/h5-7,9H,1-4H2,(H,10,11). The Morgan fingerprint density at radius 2 is 1.92 bits per heavy atom. The summed E-state index contributed by atoms with van der Waals surface area (Å²) in [7, 11) is 0. The summed E-state index contributed by atoms with van der Waals surface area (Å²) >= 11 is 0. The van der Waals surface area contributed by atoms with E-state index in [2.05, 4.69) is 5.32 Å². The number of amides is 1. The third-order valence-corrected chi connectivity index (χ3v) is 2.62. The lowest BCUT2D eigenvalue weighted by Crippen LogP contribution is -2.41. The van der Waals surface area contributed by atoms with E-state index < -0.39 is 6.09 Å². The summed E-state index contributed by atoms with van der Waals surface area (Å²) in [5.74, 6) is 0. The van der Waals surface area contributed by atoms with Crippen molar-refractivity contribution in [3.8, 4) is 0 Å². The van der Waals surface area contributed by atoms with Crippen molar-refractivity contribution in [2.45, 2.75) is 43.9 Å². The number of hydrogen-bond donors (Lipinski definition) is 2. The number of ether oxygens (including phenoxy) is 1. The zero-order valence-corrected chi connectivity index (χ0v) is 6.82. The summed E-state index contributed by atoms with van der Waals surface area (Å²) in [5, 5.41) is 11.0. The SMILES string of the molecule is O=C(O)NC1CC2CCC(C1)O2. The minimum absolute atomic E-state index is 0.119. The topological polar surface area (TPSA) is 58.6 Å². The fourth-order valence-corrected chi connectivity index (χ4v) is 2.15. The maximum Gasteiger partial charge on any atom is 0.404 e. The molecule has 2 heterocycles. The second kappa shape index (κ2) is 2.94. The maximum atomic E-state index is 10.3. The Bertz CT molecular complexity index is 183. The van der Waals surface area contributed by atoms with Crippen molar-refractivity contribution in [2.24, 2.45) is 0 Å². The molecule has 2 atom stereocenters. The Morgan fingerprint density at radius 1 is 1.33 bits per heavy atom. The smallest absolute Gasteiger partial charge is 0.404 e. The van der Waals surface area contributed by atoms with Gasteiger partial charge in [-0.05, 0) is 25.7 Å². The van der Waals surface area contributed by atoms with Gasteiger partial charge in [0, 0.05) is 6.04 Å². The molecule has 2 unspecified atom stereocenters. The minimum atomic E-state index is -0.915. The Kier molecular flexibility index (Phi) is 1.92. The van der Waals surface area contributed by atoms with Crippen LogP contribution in [0.15, 0.2) is 0 Å². The molecule has 2 aliphatic heterocycles. The summed E-state index contributed by atoms with van der Waals surface area (Å²) in [6.07, 6.45) is 3.60. The molecule has 2 bridgehead atoms. The average molecular weight is 171 g/mol. The summed E-state index contributed by atoms with van der Waals surface area (Å²) in [4.78, 5) is 10.3. The van der Waals surface area contributed by atoms with E-state index in [1.165, 1.54) is 0 Å². The zero-order valence-electron chi connectivity index (χ0n) is 6.82. The zero-order chi connectivity index (χ0) is 8.55. The van der Waals surface area contributed by atoms with E-state index in [4.69, 9.17) is 9.84 Å².